The summed E-state index contributed by atoms with van der Waals surface area (Å²) < 4.78 is 5.43. The van der Waals surface area contributed by atoms with Gasteiger partial charge in [-0.3, -0.25) is 4.98 Å². The van der Waals surface area contributed by atoms with Gasteiger partial charge >= 0.3 is 0 Å². The Morgan fingerprint density at radius 1 is 1.32 bits per heavy atom. The predicted octanol–water partition coefficient (Wildman–Crippen LogP) is 2.43. The van der Waals surface area contributed by atoms with Crippen LogP contribution in [0.4, 0.5) is 0 Å². The molecule has 0 saturated carbocycles. The molecule has 6 heteroatoms. The molecular weight excluding hydrogens is 264 g/mol. The normalized spacial score (nSPS) is 18.4. The van der Waals surface area contributed by atoms with Crippen LogP contribution >= 0.6 is 11.6 Å². The monoisotopic (exact) mass is 278 g/mol. The summed E-state index contributed by atoms with van der Waals surface area (Å²) >= 11 is 5.81. The zero-order valence-electron chi connectivity index (χ0n) is 10.7. The van der Waals surface area contributed by atoms with E-state index in [4.69, 9.17) is 16.1 Å². The molecule has 1 N–H and O–H groups in total. The maximum atomic E-state index is 5.81. The first-order valence-corrected chi connectivity index (χ1v) is 6.72. The molecule has 5 nitrogen and oxygen atoms in total. The third-order valence-corrected chi connectivity index (χ3v) is 3.83. The second-order valence-corrected chi connectivity index (χ2v) is 5.53. The van der Waals surface area contributed by atoms with Crippen LogP contribution in [0.3, 0.4) is 0 Å². The predicted molar refractivity (Wildman–Crippen MR) is 72.0 cm³/mol. The van der Waals surface area contributed by atoms with E-state index in [0.717, 1.165) is 25.9 Å². The number of halogens is 1. The highest BCUT2D eigenvalue weighted by atomic mass is 35.5. The van der Waals surface area contributed by atoms with Crippen molar-refractivity contribution < 1.29 is 4.52 Å². The van der Waals surface area contributed by atoms with Gasteiger partial charge in [0.05, 0.1) is 5.02 Å². The van der Waals surface area contributed by atoms with Gasteiger partial charge in [-0.2, -0.15) is 4.98 Å². The lowest BCUT2D eigenvalue weighted by Gasteiger charge is -2.30. The van der Waals surface area contributed by atoms with Gasteiger partial charge in [-0.05, 0) is 38.1 Å². The molecule has 0 aliphatic carbocycles. The third-order valence-electron chi connectivity index (χ3n) is 3.61. The number of hydrogen-bond acceptors (Lipinski definition) is 5. The van der Waals surface area contributed by atoms with Crippen LogP contribution < -0.4 is 5.32 Å². The van der Waals surface area contributed by atoms with Crippen LogP contribution in [0.5, 0.6) is 0 Å². The number of piperidine rings is 1. The summed E-state index contributed by atoms with van der Waals surface area (Å²) in [7, 11) is 0. The van der Waals surface area contributed by atoms with Gasteiger partial charge in [-0.15, -0.1) is 0 Å². The van der Waals surface area contributed by atoms with Crippen molar-refractivity contribution in [1.82, 2.24) is 20.4 Å². The van der Waals surface area contributed by atoms with E-state index in [1.54, 1.807) is 18.3 Å². The first-order valence-electron chi connectivity index (χ1n) is 6.34. The fourth-order valence-electron chi connectivity index (χ4n) is 2.27. The Kier molecular flexibility index (Phi) is 3.24. The van der Waals surface area contributed by atoms with E-state index in [9.17, 15) is 0 Å². The molecule has 0 amide bonds. The van der Waals surface area contributed by atoms with Crippen LogP contribution in [0.1, 0.15) is 25.7 Å². The van der Waals surface area contributed by atoms with Crippen molar-refractivity contribution in [3.05, 3.63) is 29.2 Å². The lowest BCUT2D eigenvalue weighted by molar-refractivity contribution is 0.241. The molecule has 2 aromatic rings. The molecule has 0 atom stereocenters. The summed E-state index contributed by atoms with van der Waals surface area (Å²) in [4.78, 5) is 8.69. The molecule has 19 heavy (non-hydrogen) atoms. The number of rotatable bonds is 2. The van der Waals surface area contributed by atoms with E-state index in [1.165, 1.54) is 0 Å². The smallest absolute Gasteiger partial charge is 0.233 e. The lowest BCUT2D eigenvalue weighted by atomic mass is 9.81. The molecule has 0 unspecified atom stereocenters. The van der Waals surface area contributed by atoms with Crippen molar-refractivity contribution in [1.29, 1.82) is 0 Å². The molecule has 1 saturated heterocycles. The number of pyridine rings is 1. The van der Waals surface area contributed by atoms with E-state index in [-0.39, 0.29) is 5.41 Å². The van der Waals surface area contributed by atoms with Gasteiger partial charge in [-0.25, -0.2) is 0 Å². The van der Waals surface area contributed by atoms with Crippen molar-refractivity contribution in [2.24, 2.45) is 0 Å². The Balaban J connectivity index is 1.88. The fraction of sp³-hybridized carbons (Fsp3) is 0.462. The van der Waals surface area contributed by atoms with Crippen LogP contribution in [0.25, 0.3) is 11.5 Å². The summed E-state index contributed by atoms with van der Waals surface area (Å²) in [5, 5.41) is 7.96. The van der Waals surface area contributed by atoms with E-state index in [1.807, 2.05) is 0 Å². The van der Waals surface area contributed by atoms with Crippen LogP contribution in [0, 0.1) is 0 Å². The maximum absolute atomic E-state index is 5.81. The highest BCUT2D eigenvalue weighted by Gasteiger charge is 2.34. The standard InChI is InChI=1S/C13H15ClN4O/c1-13(4-6-15-7-5-13)12-17-11(18-19-12)10-3-2-9(14)8-16-10/h2-3,8,15H,4-7H2,1H3. The Hall–Kier alpha value is -1.46. The minimum atomic E-state index is -0.0388. The molecule has 0 spiro atoms. The average molecular weight is 279 g/mol. The quantitative estimate of drug-likeness (QED) is 0.914. The van der Waals surface area contributed by atoms with E-state index in [2.05, 4.69) is 27.4 Å². The van der Waals surface area contributed by atoms with Crippen molar-refractivity contribution in [2.75, 3.05) is 13.1 Å². The second-order valence-electron chi connectivity index (χ2n) is 5.10. The fourth-order valence-corrected chi connectivity index (χ4v) is 2.38. The van der Waals surface area contributed by atoms with Crippen molar-refractivity contribution in [3.8, 4) is 11.5 Å². The van der Waals surface area contributed by atoms with Gasteiger partial charge in [0.15, 0.2) is 0 Å². The van der Waals surface area contributed by atoms with Gasteiger partial charge < -0.3 is 9.84 Å². The van der Waals surface area contributed by atoms with E-state index >= 15 is 0 Å². The van der Waals surface area contributed by atoms with Crippen molar-refractivity contribution >= 4 is 11.6 Å². The van der Waals surface area contributed by atoms with Crippen LogP contribution in [-0.4, -0.2) is 28.2 Å². The number of aromatic nitrogens is 3. The van der Waals surface area contributed by atoms with Crippen molar-refractivity contribution in [2.45, 2.75) is 25.2 Å². The molecule has 1 aliphatic rings. The minimum absolute atomic E-state index is 0.0388. The highest BCUT2D eigenvalue weighted by Crippen LogP contribution is 2.32. The number of nitrogens with one attached hydrogen (secondary N) is 1. The van der Waals surface area contributed by atoms with E-state index in [0.29, 0.717) is 22.4 Å². The average Bonchev–Trinajstić information content (AvgIpc) is 2.91. The van der Waals surface area contributed by atoms with Crippen molar-refractivity contribution in [3.63, 3.8) is 0 Å². The number of hydrogen-bond donors (Lipinski definition) is 1. The molecule has 0 radical (unpaired) electrons. The molecule has 3 heterocycles. The van der Waals surface area contributed by atoms with Crippen LogP contribution in [0.2, 0.25) is 5.02 Å². The van der Waals surface area contributed by atoms with Crippen LogP contribution in [-0.2, 0) is 5.41 Å². The summed E-state index contributed by atoms with van der Waals surface area (Å²) in [5.74, 6) is 1.21. The van der Waals surface area contributed by atoms with E-state index < -0.39 is 0 Å². The Labute approximate surface area is 116 Å². The molecule has 0 bridgehead atoms. The molecule has 1 aliphatic heterocycles. The van der Waals surface area contributed by atoms with Gasteiger partial charge in [0.25, 0.3) is 0 Å². The molecule has 1 fully saturated rings. The highest BCUT2D eigenvalue weighted by molar-refractivity contribution is 6.30. The first-order chi connectivity index (χ1) is 9.17. The summed E-state index contributed by atoms with van der Waals surface area (Å²) in [6.07, 6.45) is 3.59. The van der Waals surface area contributed by atoms with Crippen LogP contribution in [0.15, 0.2) is 22.9 Å². The summed E-state index contributed by atoms with van der Waals surface area (Å²) in [6.45, 7) is 4.13. The minimum Gasteiger partial charge on any atom is -0.338 e. The Morgan fingerprint density at radius 3 is 2.79 bits per heavy atom. The Morgan fingerprint density at radius 2 is 2.11 bits per heavy atom. The molecular formula is C13H15ClN4O. The van der Waals surface area contributed by atoms with Gasteiger partial charge in [0.1, 0.15) is 5.69 Å². The maximum Gasteiger partial charge on any atom is 0.233 e. The molecule has 3 rings (SSSR count). The zero-order valence-corrected chi connectivity index (χ0v) is 11.4. The molecule has 100 valence electrons. The summed E-state index contributed by atoms with van der Waals surface area (Å²) in [6, 6.07) is 3.56. The summed E-state index contributed by atoms with van der Waals surface area (Å²) in [5.41, 5.74) is 0.639. The zero-order chi connectivity index (χ0) is 13.3. The third kappa shape index (κ3) is 2.48. The lowest BCUT2D eigenvalue weighted by Crippen LogP contribution is -2.37. The van der Waals surface area contributed by atoms with Gasteiger partial charge in [0, 0.05) is 11.6 Å². The molecule has 0 aromatic carbocycles. The largest absolute Gasteiger partial charge is 0.338 e. The Bertz CT molecular complexity index is 560. The van der Waals surface area contributed by atoms with Gasteiger partial charge in [0.2, 0.25) is 11.7 Å². The second kappa shape index (κ2) is 4.90. The molecule has 2 aromatic heterocycles. The first kappa shape index (κ1) is 12.6. The van der Waals surface area contributed by atoms with Gasteiger partial charge in [-0.1, -0.05) is 23.7 Å². The SMILES string of the molecule is CC1(c2nc(-c3ccc(Cl)cn3)no2)CCNCC1. The number of nitrogens with zero attached hydrogens (tertiary/aromatic N) is 3. The topological polar surface area (TPSA) is 63.8 Å².